The third-order valence-corrected chi connectivity index (χ3v) is 5.14. The fourth-order valence-corrected chi connectivity index (χ4v) is 3.27. The van der Waals surface area contributed by atoms with Gasteiger partial charge in [-0.25, -0.2) is 4.79 Å². The number of nitrogens with one attached hydrogen (secondary N) is 2. The lowest BCUT2D eigenvalue weighted by Crippen LogP contribution is -2.46. The summed E-state index contributed by atoms with van der Waals surface area (Å²) >= 11 is 0. The molecule has 1 heterocycles. The van der Waals surface area contributed by atoms with Gasteiger partial charge in [-0.3, -0.25) is 14.5 Å². The van der Waals surface area contributed by atoms with Gasteiger partial charge < -0.3 is 15.4 Å². The van der Waals surface area contributed by atoms with E-state index in [1.165, 1.54) is 0 Å². The van der Waals surface area contributed by atoms with Crippen molar-refractivity contribution >= 4 is 23.5 Å². The van der Waals surface area contributed by atoms with Gasteiger partial charge >= 0.3 is 6.03 Å². The van der Waals surface area contributed by atoms with Crippen LogP contribution in [0.2, 0.25) is 0 Å². The fraction of sp³-hybridized carbons (Fsp3) is 0.318. The Labute approximate surface area is 170 Å². The molecule has 7 heteroatoms. The summed E-state index contributed by atoms with van der Waals surface area (Å²) in [6.45, 7) is 3.81. The monoisotopic (exact) mass is 395 g/mol. The summed E-state index contributed by atoms with van der Waals surface area (Å²) in [5, 5.41) is 5.42. The van der Waals surface area contributed by atoms with E-state index in [0.29, 0.717) is 30.9 Å². The van der Waals surface area contributed by atoms with Gasteiger partial charge in [-0.2, -0.15) is 0 Å². The van der Waals surface area contributed by atoms with Crippen LogP contribution in [-0.4, -0.2) is 34.8 Å². The Balaban J connectivity index is 1.54. The van der Waals surface area contributed by atoms with E-state index in [9.17, 15) is 14.4 Å². The van der Waals surface area contributed by atoms with Crippen LogP contribution < -0.4 is 15.4 Å². The van der Waals surface area contributed by atoms with Crippen LogP contribution >= 0.6 is 0 Å². The van der Waals surface area contributed by atoms with Gasteiger partial charge in [0, 0.05) is 5.69 Å². The van der Waals surface area contributed by atoms with E-state index in [1.807, 2.05) is 44.2 Å². The Hall–Kier alpha value is -3.35. The minimum absolute atomic E-state index is 0.321. The minimum Gasteiger partial charge on any atom is -0.489 e. The molecule has 0 aliphatic carbocycles. The highest BCUT2D eigenvalue weighted by Gasteiger charge is 2.49. The Morgan fingerprint density at radius 3 is 2.28 bits per heavy atom. The number of amides is 4. The van der Waals surface area contributed by atoms with Crippen LogP contribution in [-0.2, 0) is 16.2 Å². The zero-order chi connectivity index (χ0) is 20.9. The average molecular weight is 395 g/mol. The van der Waals surface area contributed by atoms with E-state index in [4.69, 9.17) is 4.74 Å². The zero-order valence-electron chi connectivity index (χ0n) is 16.6. The molecule has 0 atom stereocenters. The molecule has 1 saturated heterocycles. The van der Waals surface area contributed by atoms with Crippen molar-refractivity contribution in [2.24, 2.45) is 0 Å². The van der Waals surface area contributed by atoms with E-state index in [2.05, 4.69) is 10.6 Å². The Morgan fingerprint density at radius 2 is 1.69 bits per heavy atom. The quantitative estimate of drug-likeness (QED) is 0.671. The Morgan fingerprint density at radius 1 is 1.03 bits per heavy atom. The van der Waals surface area contributed by atoms with E-state index >= 15 is 0 Å². The van der Waals surface area contributed by atoms with Crippen LogP contribution in [0.4, 0.5) is 10.5 Å². The van der Waals surface area contributed by atoms with Crippen molar-refractivity contribution in [2.75, 3.05) is 11.9 Å². The molecule has 0 unspecified atom stereocenters. The number of rotatable bonds is 8. The highest BCUT2D eigenvalue weighted by Crippen LogP contribution is 2.25. The lowest BCUT2D eigenvalue weighted by molar-refractivity contribution is -0.134. The lowest BCUT2D eigenvalue weighted by Gasteiger charge is -2.23. The maximum atomic E-state index is 12.6. The number of benzene rings is 2. The van der Waals surface area contributed by atoms with E-state index < -0.39 is 17.5 Å². The molecule has 1 aliphatic heterocycles. The molecule has 0 aromatic heterocycles. The van der Waals surface area contributed by atoms with Crippen molar-refractivity contribution in [1.29, 1.82) is 0 Å². The molecule has 1 aliphatic rings. The summed E-state index contributed by atoms with van der Waals surface area (Å²) in [7, 11) is 0. The highest BCUT2D eigenvalue weighted by molar-refractivity contribution is 6.10. The summed E-state index contributed by atoms with van der Waals surface area (Å²) in [6, 6.07) is 16.2. The molecule has 4 amide bonds. The van der Waals surface area contributed by atoms with Crippen LogP contribution in [0.1, 0.15) is 32.3 Å². The number of imide groups is 1. The van der Waals surface area contributed by atoms with Gasteiger partial charge in [0.15, 0.2) is 0 Å². The molecule has 0 spiro atoms. The first-order valence-electron chi connectivity index (χ1n) is 9.68. The molecule has 0 saturated carbocycles. The van der Waals surface area contributed by atoms with Crippen molar-refractivity contribution < 1.29 is 19.1 Å². The summed E-state index contributed by atoms with van der Waals surface area (Å²) in [5.41, 5.74) is 0.717. The standard InChI is InChI=1S/C22H25N3O4/c1-3-22(4-2)20(27)25(21(28)24-22)14-19(26)23-17-10-12-18(13-11-17)29-15-16-8-6-5-7-9-16/h5-13H,3-4,14-15H2,1-2H3,(H,23,26)(H,24,28). The second kappa shape index (κ2) is 8.77. The average Bonchev–Trinajstić information content (AvgIpc) is 2.98. The molecule has 29 heavy (non-hydrogen) atoms. The van der Waals surface area contributed by atoms with Crippen molar-refractivity contribution in [3.63, 3.8) is 0 Å². The molecule has 0 radical (unpaired) electrons. The third kappa shape index (κ3) is 4.56. The minimum atomic E-state index is -0.908. The molecule has 2 aromatic rings. The van der Waals surface area contributed by atoms with Crippen LogP contribution in [0.15, 0.2) is 54.6 Å². The summed E-state index contributed by atoms with van der Waals surface area (Å²) in [6.07, 6.45) is 0.966. The van der Waals surface area contributed by atoms with Crippen molar-refractivity contribution in [3.8, 4) is 5.75 Å². The van der Waals surface area contributed by atoms with Gasteiger partial charge in [0.05, 0.1) is 0 Å². The van der Waals surface area contributed by atoms with Crippen LogP contribution in [0, 0.1) is 0 Å². The maximum absolute atomic E-state index is 12.6. The molecule has 1 fully saturated rings. The van der Waals surface area contributed by atoms with Crippen molar-refractivity contribution in [1.82, 2.24) is 10.2 Å². The predicted molar refractivity (Wildman–Crippen MR) is 109 cm³/mol. The summed E-state index contributed by atoms with van der Waals surface area (Å²) < 4.78 is 5.72. The molecule has 0 bridgehead atoms. The number of nitrogens with zero attached hydrogens (tertiary/aromatic N) is 1. The molecule has 2 aromatic carbocycles. The van der Waals surface area contributed by atoms with E-state index in [0.717, 1.165) is 10.5 Å². The smallest absolute Gasteiger partial charge is 0.325 e. The van der Waals surface area contributed by atoms with Gasteiger partial charge in [-0.15, -0.1) is 0 Å². The number of hydrogen-bond donors (Lipinski definition) is 2. The maximum Gasteiger partial charge on any atom is 0.325 e. The number of anilines is 1. The number of urea groups is 1. The number of carbonyl (C=O) groups is 3. The number of ether oxygens (including phenoxy) is 1. The fourth-order valence-electron chi connectivity index (χ4n) is 3.27. The third-order valence-electron chi connectivity index (χ3n) is 5.14. The van der Waals surface area contributed by atoms with E-state index in [1.54, 1.807) is 24.3 Å². The van der Waals surface area contributed by atoms with Gasteiger partial charge in [0.2, 0.25) is 5.91 Å². The largest absolute Gasteiger partial charge is 0.489 e. The van der Waals surface area contributed by atoms with Crippen LogP contribution in [0.3, 0.4) is 0 Å². The Bertz CT molecular complexity index is 877. The lowest BCUT2D eigenvalue weighted by atomic mass is 9.93. The van der Waals surface area contributed by atoms with Gasteiger partial charge in [0.1, 0.15) is 24.4 Å². The van der Waals surface area contributed by atoms with Crippen molar-refractivity contribution in [2.45, 2.75) is 38.8 Å². The van der Waals surface area contributed by atoms with Gasteiger partial charge in [-0.1, -0.05) is 44.2 Å². The zero-order valence-corrected chi connectivity index (χ0v) is 16.6. The first-order chi connectivity index (χ1) is 14.0. The van der Waals surface area contributed by atoms with E-state index in [-0.39, 0.29) is 12.5 Å². The highest BCUT2D eigenvalue weighted by atomic mass is 16.5. The number of hydrogen-bond acceptors (Lipinski definition) is 4. The second-order valence-electron chi connectivity index (χ2n) is 6.96. The molecule has 3 rings (SSSR count). The van der Waals surface area contributed by atoms with Crippen LogP contribution in [0.25, 0.3) is 0 Å². The van der Waals surface area contributed by atoms with Crippen molar-refractivity contribution in [3.05, 3.63) is 60.2 Å². The number of carbonyl (C=O) groups excluding carboxylic acids is 3. The molecule has 2 N–H and O–H groups in total. The topological polar surface area (TPSA) is 87.7 Å². The van der Waals surface area contributed by atoms with Gasteiger partial charge in [0.25, 0.3) is 5.91 Å². The first kappa shape index (κ1) is 20.4. The summed E-state index contributed by atoms with van der Waals surface area (Å²) in [5.74, 6) is -0.113. The molecule has 7 nitrogen and oxygen atoms in total. The summed E-state index contributed by atoms with van der Waals surface area (Å²) in [4.78, 5) is 38.0. The normalized spacial score (nSPS) is 15.2. The second-order valence-corrected chi connectivity index (χ2v) is 6.96. The molecular formula is C22H25N3O4. The predicted octanol–water partition coefficient (Wildman–Crippen LogP) is 3.31. The first-order valence-corrected chi connectivity index (χ1v) is 9.68. The van der Waals surface area contributed by atoms with Crippen LogP contribution in [0.5, 0.6) is 5.75 Å². The Kier molecular flexibility index (Phi) is 6.16. The molecule has 152 valence electrons. The molecular weight excluding hydrogens is 370 g/mol. The van der Waals surface area contributed by atoms with Gasteiger partial charge in [-0.05, 0) is 42.7 Å². The SMILES string of the molecule is CCC1(CC)NC(=O)N(CC(=O)Nc2ccc(OCc3ccccc3)cc2)C1=O.